The molecule has 0 aliphatic heterocycles. The molecule has 3 rings (SSSR count). The van der Waals surface area contributed by atoms with Crippen LogP contribution in [0.1, 0.15) is 11.5 Å². The monoisotopic (exact) mass is 361 g/mol. The van der Waals surface area contributed by atoms with Crippen LogP contribution < -0.4 is 10.5 Å². The molecule has 0 heterocycles. The third kappa shape index (κ3) is 2.60. The van der Waals surface area contributed by atoms with Gasteiger partial charge in [0, 0.05) is 12.5 Å². The first-order valence-corrected chi connectivity index (χ1v) is 9.30. The van der Waals surface area contributed by atoms with Crippen molar-refractivity contribution in [2.24, 2.45) is 11.1 Å². The summed E-state index contributed by atoms with van der Waals surface area (Å²) in [5.74, 6) is -1.29. The summed E-state index contributed by atoms with van der Waals surface area (Å²) in [4.78, 5) is 12.0. The summed E-state index contributed by atoms with van der Waals surface area (Å²) in [5.41, 5.74) is 4.85. The van der Waals surface area contributed by atoms with E-state index in [0.29, 0.717) is 11.3 Å². The summed E-state index contributed by atoms with van der Waals surface area (Å²) < 4.78 is 31.2. The molecule has 2 aromatic rings. The van der Waals surface area contributed by atoms with Gasteiger partial charge >= 0.3 is 5.97 Å². The summed E-state index contributed by atoms with van der Waals surface area (Å²) in [6.07, 6.45) is 0. The van der Waals surface area contributed by atoms with E-state index in [4.69, 9.17) is 10.5 Å². The van der Waals surface area contributed by atoms with E-state index in [0.717, 1.165) is 0 Å². The molecule has 1 aliphatic carbocycles. The van der Waals surface area contributed by atoms with Gasteiger partial charge in [-0.2, -0.15) is 0 Å². The highest BCUT2D eigenvalue weighted by atomic mass is 32.2. The molecule has 6 nitrogen and oxygen atoms in total. The van der Waals surface area contributed by atoms with Crippen LogP contribution in [0.15, 0.2) is 59.5 Å². The average molecular weight is 361 g/mol. The molecule has 0 spiro atoms. The molecule has 132 valence electrons. The fourth-order valence-electron chi connectivity index (χ4n) is 3.49. The normalized spacial score (nSPS) is 25.4. The highest BCUT2D eigenvalue weighted by molar-refractivity contribution is 7.92. The summed E-state index contributed by atoms with van der Waals surface area (Å²) in [5, 5.41) is 8.65. The van der Waals surface area contributed by atoms with E-state index in [1.807, 2.05) is 0 Å². The van der Waals surface area contributed by atoms with Crippen molar-refractivity contribution < 1.29 is 23.1 Å². The molecule has 0 saturated heterocycles. The zero-order chi connectivity index (χ0) is 18.2. The molecule has 1 aliphatic rings. The molecule has 25 heavy (non-hydrogen) atoms. The Morgan fingerprint density at radius 2 is 1.76 bits per heavy atom. The zero-order valence-corrected chi connectivity index (χ0v) is 14.4. The third-order valence-corrected chi connectivity index (χ3v) is 7.16. The molecule has 0 bridgehead atoms. The number of sulfone groups is 1. The maximum Gasteiger partial charge on any atom is 0.312 e. The molecule has 1 saturated carbocycles. The van der Waals surface area contributed by atoms with Crippen LogP contribution in [0.3, 0.4) is 0 Å². The lowest BCUT2D eigenvalue weighted by molar-refractivity contribution is -0.143. The van der Waals surface area contributed by atoms with Crippen LogP contribution in [0.25, 0.3) is 0 Å². The number of carboxylic acid groups (broad SMARTS) is 1. The van der Waals surface area contributed by atoms with Crippen LogP contribution in [0, 0.1) is 5.41 Å². The zero-order valence-electron chi connectivity index (χ0n) is 13.6. The second-order valence-electron chi connectivity index (χ2n) is 6.08. The van der Waals surface area contributed by atoms with Gasteiger partial charge in [-0.1, -0.05) is 30.3 Å². The van der Waals surface area contributed by atoms with Crippen molar-refractivity contribution in [2.45, 2.75) is 16.1 Å². The van der Waals surface area contributed by atoms with Crippen LogP contribution in [0.4, 0.5) is 0 Å². The number of ether oxygens (including phenoxy) is 1. The number of rotatable bonds is 6. The Labute approximate surface area is 146 Å². The van der Waals surface area contributed by atoms with Crippen molar-refractivity contribution in [3.63, 3.8) is 0 Å². The van der Waals surface area contributed by atoms with Crippen molar-refractivity contribution in [1.82, 2.24) is 0 Å². The lowest BCUT2D eigenvalue weighted by Crippen LogP contribution is -2.31. The SMILES string of the molecule is COc1ccc([C@H]2[C@H](S(=O)(=O)c3ccccc3)[C@@]2(CN)C(=O)O)cc1. The van der Waals surface area contributed by atoms with Crippen LogP contribution in [0.5, 0.6) is 5.75 Å². The molecule has 0 aromatic heterocycles. The van der Waals surface area contributed by atoms with Gasteiger partial charge in [0.2, 0.25) is 0 Å². The Morgan fingerprint density at radius 1 is 1.16 bits per heavy atom. The first-order chi connectivity index (χ1) is 11.9. The molecular formula is C18H19NO5S. The maximum atomic E-state index is 13.0. The smallest absolute Gasteiger partial charge is 0.312 e. The topological polar surface area (TPSA) is 107 Å². The van der Waals surface area contributed by atoms with Gasteiger partial charge in [0.25, 0.3) is 0 Å². The number of carbonyl (C=O) groups is 1. The molecule has 0 amide bonds. The first-order valence-electron chi connectivity index (χ1n) is 7.76. The summed E-state index contributed by atoms with van der Waals surface area (Å²) in [7, 11) is -2.31. The molecule has 7 heteroatoms. The van der Waals surface area contributed by atoms with Crippen molar-refractivity contribution in [2.75, 3.05) is 13.7 Å². The number of benzene rings is 2. The van der Waals surface area contributed by atoms with Gasteiger partial charge in [-0.15, -0.1) is 0 Å². The Hall–Kier alpha value is -2.38. The first kappa shape index (κ1) is 17.4. The molecule has 1 fully saturated rings. The molecule has 0 unspecified atom stereocenters. The summed E-state index contributed by atoms with van der Waals surface area (Å²) in [6, 6.07) is 14.6. The van der Waals surface area contributed by atoms with E-state index in [1.165, 1.54) is 19.2 Å². The van der Waals surface area contributed by atoms with Crippen molar-refractivity contribution in [3.05, 3.63) is 60.2 Å². The number of nitrogens with two attached hydrogens (primary N) is 1. The fourth-order valence-corrected chi connectivity index (χ4v) is 5.89. The van der Waals surface area contributed by atoms with Crippen molar-refractivity contribution in [3.8, 4) is 5.75 Å². The standard InChI is InChI=1S/C18H19NO5S/c1-24-13-9-7-12(8-10-13)15-16(18(15,11-19)17(20)21)25(22,23)14-5-3-2-4-6-14/h2-10,15-16H,11,19H2,1H3,(H,20,21)/t15-,16-,18-/m0/s1. The van der Waals surface area contributed by atoms with Gasteiger partial charge in [-0.05, 0) is 29.8 Å². The number of methoxy groups -OCH3 is 1. The predicted octanol–water partition coefficient (Wildman–Crippen LogP) is 1.66. The van der Waals surface area contributed by atoms with Gasteiger partial charge in [0.05, 0.1) is 17.3 Å². The van der Waals surface area contributed by atoms with Crippen molar-refractivity contribution >= 4 is 15.8 Å². The number of hydrogen-bond donors (Lipinski definition) is 2. The minimum atomic E-state index is -3.84. The minimum absolute atomic E-state index is 0.107. The van der Waals surface area contributed by atoms with Gasteiger partial charge in [0.15, 0.2) is 9.84 Å². The Kier molecular flexibility index (Phi) is 4.30. The number of aliphatic carboxylic acids is 1. The van der Waals surface area contributed by atoms with E-state index in [9.17, 15) is 18.3 Å². The Morgan fingerprint density at radius 3 is 2.24 bits per heavy atom. The van der Waals surface area contributed by atoms with Gasteiger partial charge in [-0.25, -0.2) is 8.42 Å². The highest BCUT2D eigenvalue weighted by Gasteiger charge is 2.75. The third-order valence-electron chi connectivity index (χ3n) is 4.87. The fraction of sp³-hybridized carbons (Fsp3) is 0.278. The van der Waals surface area contributed by atoms with Gasteiger partial charge in [0.1, 0.15) is 11.2 Å². The van der Waals surface area contributed by atoms with Gasteiger partial charge in [-0.3, -0.25) is 4.79 Å². The quantitative estimate of drug-likeness (QED) is 0.810. The second-order valence-corrected chi connectivity index (χ2v) is 8.15. The Balaban J connectivity index is 2.08. The van der Waals surface area contributed by atoms with Crippen LogP contribution in [0.2, 0.25) is 0 Å². The predicted molar refractivity (Wildman–Crippen MR) is 92.3 cm³/mol. The summed E-state index contributed by atoms with van der Waals surface area (Å²) >= 11 is 0. The Bertz CT molecular complexity index is 879. The van der Waals surface area contributed by atoms with E-state index in [2.05, 4.69) is 0 Å². The lowest BCUT2D eigenvalue weighted by Gasteiger charge is -2.10. The second kappa shape index (κ2) is 6.16. The molecule has 3 atom stereocenters. The lowest BCUT2D eigenvalue weighted by atomic mass is 9.99. The van der Waals surface area contributed by atoms with E-state index in [1.54, 1.807) is 42.5 Å². The van der Waals surface area contributed by atoms with Crippen LogP contribution in [-0.4, -0.2) is 38.4 Å². The maximum absolute atomic E-state index is 13.0. The average Bonchev–Trinajstić information content (AvgIpc) is 3.34. The largest absolute Gasteiger partial charge is 0.497 e. The van der Waals surface area contributed by atoms with E-state index >= 15 is 0 Å². The molecule has 0 radical (unpaired) electrons. The van der Waals surface area contributed by atoms with E-state index in [-0.39, 0.29) is 11.4 Å². The van der Waals surface area contributed by atoms with E-state index < -0.39 is 32.4 Å². The molecular weight excluding hydrogens is 342 g/mol. The molecule has 2 aromatic carbocycles. The van der Waals surface area contributed by atoms with Crippen LogP contribution >= 0.6 is 0 Å². The number of hydrogen-bond acceptors (Lipinski definition) is 5. The minimum Gasteiger partial charge on any atom is -0.497 e. The molecule has 3 N–H and O–H groups in total. The van der Waals surface area contributed by atoms with Crippen LogP contribution in [-0.2, 0) is 14.6 Å². The highest BCUT2D eigenvalue weighted by Crippen LogP contribution is 2.63. The summed E-state index contributed by atoms with van der Waals surface area (Å²) in [6.45, 7) is -0.254. The van der Waals surface area contributed by atoms with Gasteiger partial charge < -0.3 is 15.6 Å². The van der Waals surface area contributed by atoms with Crippen molar-refractivity contribution in [1.29, 1.82) is 0 Å². The number of carboxylic acids is 1.